The largest absolute Gasteiger partial charge is 0.417 e. The third-order valence-electron chi connectivity index (χ3n) is 8.89. The molecule has 0 saturated carbocycles. The van der Waals surface area contributed by atoms with Crippen LogP contribution in [-0.4, -0.2) is 9.13 Å². The lowest BCUT2D eigenvalue weighted by Gasteiger charge is -2.22. The highest BCUT2D eigenvalue weighted by molar-refractivity contribution is 6.12. The number of fused-ring (bicyclic) bond motifs is 6. The first-order chi connectivity index (χ1) is 22.3. The fourth-order valence-corrected chi connectivity index (χ4v) is 6.93. The van der Waals surface area contributed by atoms with Crippen LogP contribution in [0, 0.1) is 20.4 Å². The molecule has 6 aromatic carbocycles. The van der Waals surface area contributed by atoms with Crippen molar-refractivity contribution < 1.29 is 13.2 Å². The summed E-state index contributed by atoms with van der Waals surface area (Å²) in [7, 11) is 0. The molecule has 2 heterocycles. The molecule has 0 unspecified atom stereocenters. The van der Waals surface area contributed by atoms with Crippen LogP contribution in [0.5, 0.6) is 0 Å². The average molecular weight is 606 g/mol. The van der Waals surface area contributed by atoms with Crippen LogP contribution >= 0.6 is 0 Å². The van der Waals surface area contributed by atoms with Crippen molar-refractivity contribution >= 4 is 49.3 Å². The van der Waals surface area contributed by atoms with Gasteiger partial charge in [0.1, 0.15) is 0 Å². The zero-order valence-corrected chi connectivity index (χ0v) is 25.0. The van der Waals surface area contributed by atoms with Crippen molar-refractivity contribution in [3.63, 3.8) is 0 Å². The maximum Gasteiger partial charge on any atom is 0.417 e. The molecule has 3 nitrogen and oxygen atoms in total. The Kier molecular flexibility index (Phi) is 6.10. The first-order valence-electron chi connectivity index (χ1n) is 15.0. The number of benzene rings is 6. The van der Waals surface area contributed by atoms with Crippen LogP contribution in [-0.2, 0) is 6.18 Å². The molecule has 0 aliphatic heterocycles. The van der Waals surface area contributed by atoms with Gasteiger partial charge in [0.2, 0.25) is 5.69 Å². The number of nitrogens with zero attached hydrogens (tertiary/aromatic N) is 3. The predicted molar refractivity (Wildman–Crippen MR) is 181 cm³/mol. The molecule has 8 aromatic rings. The maximum absolute atomic E-state index is 14.6. The van der Waals surface area contributed by atoms with Gasteiger partial charge in [-0.25, -0.2) is 4.85 Å². The van der Waals surface area contributed by atoms with Gasteiger partial charge in [0.05, 0.1) is 45.6 Å². The van der Waals surface area contributed by atoms with E-state index in [2.05, 4.69) is 33.7 Å². The molecule has 0 radical (unpaired) electrons. The number of para-hydroxylation sites is 2. The van der Waals surface area contributed by atoms with Gasteiger partial charge in [-0.15, -0.1) is 0 Å². The molecule has 0 amide bonds. The van der Waals surface area contributed by atoms with Crippen LogP contribution in [0.15, 0.2) is 121 Å². The Hall–Kier alpha value is -5.80. The third kappa shape index (κ3) is 4.05. The van der Waals surface area contributed by atoms with Crippen molar-refractivity contribution in [2.45, 2.75) is 20.0 Å². The number of aromatic nitrogens is 2. The zero-order valence-electron chi connectivity index (χ0n) is 25.0. The minimum absolute atomic E-state index is 0.0260. The Balaban J connectivity index is 1.60. The molecule has 8 rings (SSSR count). The van der Waals surface area contributed by atoms with E-state index >= 15 is 0 Å². The quantitative estimate of drug-likeness (QED) is 0.178. The van der Waals surface area contributed by atoms with Crippen LogP contribution < -0.4 is 0 Å². The van der Waals surface area contributed by atoms with E-state index < -0.39 is 11.7 Å². The van der Waals surface area contributed by atoms with Gasteiger partial charge >= 0.3 is 6.18 Å². The van der Waals surface area contributed by atoms with E-state index in [0.717, 1.165) is 60.8 Å². The lowest BCUT2D eigenvalue weighted by atomic mass is 9.96. The summed E-state index contributed by atoms with van der Waals surface area (Å²) < 4.78 is 47.8. The molecule has 0 aliphatic carbocycles. The highest BCUT2D eigenvalue weighted by Gasteiger charge is 2.35. The number of halogens is 3. The van der Waals surface area contributed by atoms with Gasteiger partial charge in [-0.1, -0.05) is 84.9 Å². The topological polar surface area (TPSA) is 14.2 Å². The van der Waals surface area contributed by atoms with Crippen molar-refractivity contribution in [1.29, 1.82) is 0 Å². The summed E-state index contributed by atoms with van der Waals surface area (Å²) in [5, 5.41) is 4.00. The van der Waals surface area contributed by atoms with Crippen LogP contribution in [0.2, 0.25) is 0 Å². The molecule has 46 heavy (non-hydrogen) atoms. The molecule has 2 aromatic heterocycles. The van der Waals surface area contributed by atoms with E-state index in [1.807, 2.05) is 79.1 Å². The normalized spacial score (nSPS) is 12.0. The minimum Gasteiger partial charge on any atom is -0.319 e. The molecule has 0 bridgehead atoms. The van der Waals surface area contributed by atoms with Crippen molar-refractivity contribution in [3.05, 3.63) is 149 Å². The molecule has 0 fully saturated rings. The SMILES string of the molecule is [C-]#[N+]c1c(-n2c3ccccc3c3ccc(C)cc32)ccc(-c2ccccc2C(F)(F)F)c1-n1c2ccccc2c2ccc(C)cc21. The lowest BCUT2D eigenvalue weighted by Crippen LogP contribution is -2.09. The molecular formula is C40H26F3N3. The van der Waals surface area contributed by atoms with Gasteiger partial charge < -0.3 is 9.13 Å². The summed E-state index contributed by atoms with van der Waals surface area (Å²) in [4.78, 5) is 4.16. The van der Waals surface area contributed by atoms with Crippen LogP contribution in [0.4, 0.5) is 18.9 Å². The van der Waals surface area contributed by atoms with Crippen molar-refractivity contribution in [2.75, 3.05) is 0 Å². The van der Waals surface area contributed by atoms with Crippen molar-refractivity contribution in [1.82, 2.24) is 9.13 Å². The summed E-state index contributed by atoms with van der Waals surface area (Å²) in [6.07, 6.45) is -4.59. The monoisotopic (exact) mass is 605 g/mol. The molecule has 222 valence electrons. The van der Waals surface area contributed by atoms with E-state index in [1.54, 1.807) is 18.2 Å². The zero-order chi connectivity index (χ0) is 31.7. The average Bonchev–Trinajstić information content (AvgIpc) is 3.55. The first-order valence-corrected chi connectivity index (χ1v) is 15.0. The highest BCUT2D eigenvalue weighted by Crippen LogP contribution is 2.48. The summed E-state index contributed by atoms with van der Waals surface area (Å²) in [5.74, 6) is 0. The number of alkyl halides is 3. The molecule has 6 heteroatoms. The maximum atomic E-state index is 14.6. The van der Waals surface area contributed by atoms with E-state index in [0.29, 0.717) is 16.9 Å². The van der Waals surface area contributed by atoms with Gasteiger partial charge in [-0.2, -0.15) is 13.2 Å². The number of hydrogen-bond donors (Lipinski definition) is 0. The van der Waals surface area contributed by atoms with E-state index in [4.69, 9.17) is 6.57 Å². The molecule has 0 atom stereocenters. The predicted octanol–water partition coefficient (Wildman–Crippen LogP) is 11.7. The second-order valence-corrected chi connectivity index (χ2v) is 11.7. The fourth-order valence-electron chi connectivity index (χ4n) is 6.93. The van der Waals surface area contributed by atoms with Gasteiger partial charge in [0, 0.05) is 21.5 Å². The number of rotatable bonds is 3. The van der Waals surface area contributed by atoms with E-state index in [-0.39, 0.29) is 11.3 Å². The van der Waals surface area contributed by atoms with Gasteiger partial charge in [-0.05, 0) is 72.5 Å². The van der Waals surface area contributed by atoms with Crippen LogP contribution in [0.1, 0.15) is 16.7 Å². The standard InChI is InChI=1S/C40H26F3N3/c1-24-16-18-29-27-11-5-8-14-33(27)45(36(29)22-24)35-21-20-31(26-10-4-7-13-32(26)40(41,42)43)39(38(35)44-3)46-34-15-9-6-12-28(34)30-19-17-25(2)23-37(30)46/h4-23H,1-2H3. The second kappa shape index (κ2) is 10.1. The molecular weight excluding hydrogens is 579 g/mol. The fraction of sp³-hybridized carbons (Fsp3) is 0.0750. The summed E-state index contributed by atoms with van der Waals surface area (Å²) >= 11 is 0. The van der Waals surface area contributed by atoms with Crippen LogP contribution in [0.25, 0.3) is 71.0 Å². The molecule has 0 aliphatic rings. The molecule has 0 spiro atoms. The molecule has 0 N–H and O–H groups in total. The van der Waals surface area contributed by atoms with Gasteiger partial charge in [0.15, 0.2) is 0 Å². The van der Waals surface area contributed by atoms with Crippen LogP contribution in [0.3, 0.4) is 0 Å². The van der Waals surface area contributed by atoms with Gasteiger partial charge in [0.25, 0.3) is 0 Å². The highest BCUT2D eigenvalue weighted by atomic mass is 19.4. The van der Waals surface area contributed by atoms with Crippen molar-refractivity contribution in [2.24, 2.45) is 0 Å². The van der Waals surface area contributed by atoms with Crippen molar-refractivity contribution in [3.8, 4) is 22.5 Å². The summed E-state index contributed by atoms with van der Waals surface area (Å²) in [6, 6.07) is 37.4. The number of hydrogen-bond acceptors (Lipinski definition) is 0. The summed E-state index contributed by atoms with van der Waals surface area (Å²) in [5.41, 5.74) is 6.46. The third-order valence-corrected chi connectivity index (χ3v) is 8.89. The Morgan fingerprint density at radius 1 is 0.543 bits per heavy atom. The van der Waals surface area contributed by atoms with E-state index in [1.165, 1.54) is 12.1 Å². The van der Waals surface area contributed by atoms with Gasteiger partial charge in [-0.3, -0.25) is 0 Å². The Morgan fingerprint density at radius 2 is 1.07 bits per heavy atom. The Bertz CT molecular complexity index is 2560. The minimum atomic E-state index is -4.59. The Morgan fingerprint density at radius 3 is 1.67 bits per heavy atom. The Labute approximate surface area is 263 Å². The summed E-state index contributed by atoms with van der Waals surface area (Å²) in [6.45, 7) is 12.7. The smallest absolute Gasteiger partial charge is 0.319 e. The van der Waals surface area contributed by atoms with E-state index in [9.17, 15) is 13.2 Å². The first kappa shape index (κ1) is 27.7. The molecule has 0 saturated heterocycles. The second-order valence-electron chi connectivity index (χ2n) is 11.7. The lowest BCUT2D eigenvalue weighted by molar-refractivity contribution is -0.137. The number of aryl methyl sites for hydroxylation is 2.